The second-order valence-corrected chi connectivity index (χ2v) is 8.52. The second-order valence-electron chi connectivity index (χ2n) is 6.58. The Kier molecular flexibility index (Phi) is 3.90. The highest BCUT2D eigenvalue weighted by Crippen LogP contribution is 2.34. The molecule has 1 aromatic carbocycles. The molecule has 2 aliphatic rings. The summed E-state index contributed by atoms with van der Waals surface area (Å²) in [7, 11) is -3.38. The quantitative estimate of drug-likeness (QED) is 0.824. The summed E-state index contributed by atoms with van der Waals surface area (Å²) in [4.78, 5) is 6.90. The van der Waals surface area contributed by atoms with Crippen LogP contribution in [0.25, 0.3) is 0 Å². The highest BCUT2D eigenvalue weighted by atomic mass is 32.2. The van der Waals surface area contributed by atoms with E-state index in [9.17, 15) is 8.42 Å². The van der Waals surface area contributed by atoms with Crippen LogP contribution in [0.3, 0.4) is 0 Å². The zero-order chi connectivity index (χ0) is 16.7. The Morgan fingerprint density at radius 2 is 1.79 bits per heavy atom. The van der Waals surface area contributed by atoms with Crippen molar-refractivity contribution in [2.24, 2.45) is 11.8 Å². The van der Waals surface area contributed by atoms with Crippen LogP contribution in [-0.4, -0.2) is 53.9 Å². The molecule has 7 nitrogen and oxygen atoms in total. The van der Waals surface area contributed by atoms with Gasteiger partial charge in [-0.05, 0) is 24.0 Å². The third-order valence-electron chi connectivity index (χ3n) is 4.84. The van der Waals surface area contributed by atoms with E-state index >= 15 is 0 Å². The number of hydrogen-bond donors (Lipinski definition) is 0. The molecule has 0 radical (unpaired) electrons. The van der Waals surface area contributed by atoms with Gasteiger partial charge in [0.15, 0.2) is 5.82 Å². The fourth-order valence-electron chi connectivity index (χ4n) is 3.72. The van der Waals surface area contributed by atoms with Crippen LogP contribution in [0.1, 0.15) is 11.7 Å². The monoisotopic (exact) mass is 348 g/mol. The Labute approximate surface area is 141 Å². The van der Waals surface area contributed by atoms with Crippen molar-refractivity contribution < 1.29 is 12.9 Å². The van der Waals surface area contributed by atoms with E-state index in [-0.39, 0.29) is 0 Å². The zero-order valence-electron chi connectivity index (χ0n) is 13.5. The Hall–Kier alpha value is -1.77. The largest absolute Gasteiger partial charge is 0.340 e. The van der Waals surface area contributed by atoms with E-state index < -0.39 is 10.0 Å². The molecule has 2 aromatic rings. The van der Waals surface area contributed by atoms with Gasteiger partial charge in [-0.3, -0.25) is 4.90 Å². The summed E-state index contributed by atoms with van der Waals surface area (Å²) in [6, 6.07) is 8.68. The smallest absolute Gasteiger partial charge is 0.243 e. The van der Waals surface area contributed by atoms with Crippen LogP contribution in [0.5, 0.6) is 0 Å². The van der Waals surface area contributed by atoms with Crippen LogP contribution < -0.4 is 0 Å². The first-order valence-electron chi connectivity index (χ1n) is 8.09. The van der Waals surface area contributed by atoms with Gasteiger partial charge in [0, 0.05) is 33.1 Å². The van der Waals surface area contributed by atoms with Crippen LogP contribution in [0.15, 0.2) is 39.8 Å². The van der Waals surface area contributed by atoms with Gasteiger partial charge in [0.1, 0.15) is 0 Å². The number of sulfonamides is 1. The number of benzene rings is 1. The maximum atomic E-state index is 12.7. The van der Waals surface area contributed by atoms with Gasteiger partial charge in [0.25, 0.3) is 0 Å². The van der Waals surface area contributed by atoms with E-state index in [0.29, 0.717) is 48.1 Å². The number of likely N-dealkylation sites (tertiary alicyclic amines) is 1. The van der Waals surface area contributed by atoms with Crippen molar-refractivity contribution >= 4 is 10.0 Å². The minimum atomic E-state index is -3.38. The Morgan fingerprint density at radius 1 is 1.12 bits per heavy atom. The van der Waals surface area contributed by atoms with E-state index in [1.807, 2.05) is 6.07 Å². The molecule has 1 aromatic heterocycles. The van der Waals surface area contributed by atoms with Gasteiger partial charge in [-0.15, -0.1) is 0 Å². The molecule has 4 rings (SSSR count). The first-order chi connectivity index (χ1) is 11.5. The van der Waals surface area contributed by atoms with Gasteiger partial charge in [-0.25, -0.2) is 8.42 Å². The number of hydrogen-bond acceptors (Lipinski definition) is 6. The fraction of sp³-hybridized carbons (Fsp3) is 0.500. The minimum absolute atomic E-state index is 0.372. The first-order valence-corrected chi connectivity index (χ1v) is 9.53. The Bertz CT molecular complexity index is 807. The summed E-state index contributed by atoms with van der Waals surface area (Å²) in [6.07, 6.45) is 0. The topological polar surface area (TPSA) is 79.5 Å². The van der Waals surface area contributed by atoms with E-state index in [1.54, 1.807) is 35.5 Å². The summed E-state index contributed by atoms with van der Waals surface area (Å²) < 4.78 is 32.1. The summed E-state index contributed by atoms with van der Waals surface area (Å²) in [5, 5.41) is 3.93. The van der Waals surface area contributed by atoms with E-state index in [4.69, 9.17) is 4.52 Å². The Balaban J connectivity index is 1.41. The highest BCUT2D eigenvalue weighted by Gasteiger charge is 2.44. The third kappa shape index (κ3) is 2.85. The number of aryl methyl sites for hydroxylation is 1. The maximum absolute atomic E-state index is 12.7. The van der Waals surface area contributed by atoms with Crippen LogP contribution in [0.2, 0.25) is 0 Å². The summed E-state index contributed by atoms with van der Waals surface area (Å²) in [5.41, 5.74) is 0. The standard InChI is InChI=1S/C16H20N4O3S/c1-12-17-16(18-23-12)11-19-7-13-9-20(10-14(13)8-19)24(21,22)15-5-3-2-4-6-15/h2-6,13-14H,7-11H2,1H3. The molecule has 0 aliphatic carbocycles. The lowest BCUT2D eigenvalue weighted by molar-refractivity contribution is 0.277. The predicted molar refractivity (Wildman–Crippen MR) is 86.5 cm³/mol. The van der Waals surface area contributed by atoms with Crippen molar-refractivity contribution in [1.82, 2.24) is 19.3 Å². The lowest BCUT2D eigenvalue weighted by atomic mass is 10.0. The number of rotatable bonds is 4. The average molecular weight is 348 g/mol. The van der Waals surface area contributed by atoms with E-state index in [1.165, 1.54) is 0 Å². The highest BCUT2D eigenvalue weighted by molar-refractivity contribution is 7.89. The molecule has 8 heteroatoms. The molecule has 0 spiro atoms. The molecule has 2 aliphatic heterocycles. The second kappa shape index (κ2) is 5.94. The molecule has 0 N–H and O–H groups in total. The average Bonchev–Trinajstić information content (AvgIpc) is 3.23. The van der Waals surface area contributed by atoms with Crippen molar-refractivity contribution in [2.45, 2.75) is 18.4 Å². The predicted octanol–water partition coefficient (Wildman–Crippen LogP) is 1.13. The van der Waals surface area contributed by atoms with Crippen molar-refractivity contribution in [2.75, 3.05) is 26.2 Å². The van der Waals surface area contributed by atoms with Gasteiger partial charge in [0.2, 0.25) is 15.9 Å². The first kappa shape index (κ1) is 15.7. The molecule has 0 saturated carbocycles. The van der Waals surface area contributed by atoms with Crippen LogP contribution in [0, 0.1) is 18.8 Å². The molecule has 2 fully saturated rings. The van der Waals surface area contributed by atoms with Gasteiger partial charge < -0.3 is 4.52 Å². The van der Waals surface area contributed by atoms with Crippen LogP contribution in [-0.2, 0) is 16.6 Å². The maximum Gasteiger partial charge on any atom is 0.243 e. The van der Waals surface area contributed by atoms with Gasteiger partial charge in [-0.1, -0.05) is 23.4 Å². The molecule has 2 unspecified atom stereocenters. The van der Waals surface area contributed by atoms with Crippen molar-refractivity contribution in [3.8, 4) is 0 Å². The van der Waals surface area contributed by atoms with E-state index in [0.717, 1.165) is 13.1 Å². The molecule has 2 atom stereocenters. The number of nitrogens with zero attached hydrogens (tertiary/aromatic N) is 4. The zero-order valence-corrected chi connectivity index (χ0v) is 14.3. The number of fused-ring (bicyclic) bond motifs is 1. The summed E-state index contributed by atoms with van der Waals surface area (Å²) in [5.74, 6) is 2.01. The lowest BCUT2D eigenvalue weighted by Crippen LogP contribution is -2.33. The van der Waals surface area contributed by atoms with Gasteiger partial charge in [0.05, 0.1) is 11.4 Å². The van der Waals surface area contributed by atoms with E-state index in [2.05, 4.69) is 15.0 Å². The molecule has 3 heterocycles. The normalized spacial score (nSPS) is 25.2. The van der Waals surface area contributed by atoms with Gasteiger partial charge in [-0.2, -0.15) is 9.29 Å². The minimum Gasteiger partial charge on any atom is -0.340 e. The molecule has 0 bridgehead atoms. The van der Waals surface area contributed by atoms with Crippen molar-refractivity contribution in [3.05, 3.63) is 42.0 Å². The SMILES string of the molecule is Cc1nc(CN2CC3CN(S(=O)(=O)c4ccccc4)CC3C2)no1. The molecule has 0 amide bonds. The molecule has 24 heavy (non-hydrogen) atoms. The van der Waals surface area contributed by atoms with Gasteiger partial charge >= 0.3 is 0 Å². The lowest BCUT2D eigenvalue weighted by Gasteiger charge is -2.20. The molecular weight excluding hydrogens is 328 g/mol. The molecule has 2 saturated heterocycles. The molecular formula is C16H20N4O3S. The van der Waals surface area contributed by atoms with Crippen LogP contribution in [0.4, 0.5) is 0 Å². The van der Waals surface area contributed by atoms with Crippen molar-refractivity contribution in [3.63, 3.8) is 0 Å². The summed E-state index contributed by atoms with van der Waals surface area (Å²) in [6.45, 7) is 5.36. The third-order valence-corrected chi connectivity index (χ3v) is 6.69. The van der Waals surface area contributed by atoms with Crippen LogP contribution >= 0.6 is 0 Å². The Morgan fingerprint density at radius 3 is 2.38 bits per heavy atom. The fourth-order valence-corrected chi connectivity index (χ4v) is 5.29. The van der Waals surface area contributed by atoms with Crippen molar-refractivity contribution in [1.29, 1.82) is 0 Å². The summed E-state index contributed by atoms with van der Waals surface area (Å²) >= 11 is 0. The molecule has 128 valence electrons. The number of aromatic nitrogens is 2.